The molecule has 0 N–H and O–H groups in total. The molecule has 7 heteroatoms. The van der Waals surface area contributed by atoms with Crippen LogP contribution in [0.15, 0.2) is 48.5 Å². The molecule has 0 amide bonds. The zero-order valence-electron chi connectivity index (χ0n) is 16.3. The molecule has 2 aromatic rings. The van der Waals surface area contributed by atoms with Gasteiger partial charge in [-0.3, -0.25) is 9.59 Å². The summed E-state index contributed by atoms with van der Waals surface area (Å²) in [6.45, 7) is 0.968. The van der Waals surface area contributed by atoms with E-state index >= 15 is 0 Å². The SMILES string of the molecule is COC(=O)c1ccccc1CC(C(=O)OC)C(=O)c1cccc(C2OCCO2)c1. The number of rotatable bonds is 7. The van der Waals surface area contributed by atoms with Crippen molar-refractivity contribution in [1.82, 2.24) is 0 Å². The highest BCUT2D eigenvalue weighted by atomic mass is 16.7. The summed E-state index contributed by atoms with van der Waals surface area (Å²) in [5.74, 6) is -2.72. The second-order valence-corrected chi connectivity index (χ2v) is 6.49. The highest BCUT2D eigenvalue weighted by Gasteiger charge is 2.31. The van der Waals surface area contributed by atoms with E-state index in [9.17, 15) is 14.4 Å². The van der Waals surface area contributed by atoms with Crippen molar-refractivity contribution in [2.45, 2.75) is 12.7 Å². The molecule has 3 rings (SSSR count). The average Bonchev–Trinajstić information content (AvgIpc) is 3.31. The Kier molecular flexibility index (Phi) is 6.74. The van der Waals surface area contributed by atoms with Crippen molar-refractivity contribution >= 4 is 17.7 Å². The maximum atomic E-state index is 13.2. The minimum atomic E-state index is -1.11. The van der Waals surface area contributed by atoms with Crippen molar-refractivity contribution in [2.75, 3.05) is 27.4 Å². The molecule has 1 saturated heterocycles. The number of esters is 2. The molecule has 1 unspecified atom stereocenters. The molecule has 1 fully saturated rings. The summed E-state index contributed by atoms with van der Waals surface area (Å²) in [5.41, 5.74) is 1.87. The second-order valence-electron chi connectivity index (χ2n) is 6.49. The first-order valence-electron chi connectivity index (χ1n) is 9.16. The van der Waals surface area contributed by atoms with Gasteiger partial charge in [-0.1, -0.05) is 36.4 Å². The minimum Gasteiger partial charge on any atom is -0.468 e. The van der Waals surface area contributed by atoms with E-state index in [-0.39, 0.29) is 6.42 Å². The van der Waals surface area contributed by atoms with Crippen LogP contribution >= 0.6 is 0 Å². The first-order chi connectivity index (χ1) is 14.0. The van der Waals surface area contributed by atoms with Crippen LogP contribution in [0, 0.1) is 5.92 Å². The Bertz CT molecular complexity index is 900. The summed E-state index contributed by atoms with van der Waals surface area (Å²) in [5, 5.41) is 0. The fraction of sp³-hybridized carbons (Fsp3) is 0.318. The van der Waals surface area contributed by atoms with Crippen LogP contribution in [0.25, 0.3) is 0 Å². The number of carbonyl (C=O) groups excluding carboxylic acids is 3. The van der Waals surface area contributed by atoms with Gasteiger partial charge in [0.05, 0.1) is 33.0 Å². The van der Waals surface area contributed by atoms with E-state index in [1.165, 1.54) is 14.2 Å². The Morgan fingerprint density at radius 3 is 2.41 bits per heavy atom. The summed E-state index contributed by atoms with van der Waals surface area (Å²) in [6.07, 6.45) is -0.517. The number of hydrogen-bond acceptors (Lipinski definition) is 7. The summed E-state index contributed by atoms with van der Waals surface area (Å²) in [7, 11) is 2.51. The van der Waals surface area contributed by atoms with Crippen molar-refractivity contribution in [3.8, 4) is 0 Å². The Balaban J connectivity index is 1.90. The summed E-state index contributed by atoms with van der Waals surface area (Å²) < 4.78 is 20.6. The molecule has 0 aliphatic carbocycles. The topological polar surface area (TPSA) is 88.1 Å². The van der Waals surface area contributed by atoms with Crippen molar-refractivity contribution in [3.05, 3.63) is 70.8 Å². The molecule has 29 heavy (non-hydrogen) atoms. The summed E-state index contributed by atoms with van der Waals surface area (Å²) in [6, 6.07) is 13.5. The fourth-order valence-electron chi connectivity index (χ4n) is 3.24. The lowest BCUT2D eigenvalue weighted by Crippen LogP contribution is -2.28. The van der Waals surface area contributed by atoms with Crippen LogP contribution in [-0.2, 0) is 30.2 Å². The molecule has 0 aromatic heterocycles. The van der Waals surface area contributed by atoms with Crippen LogP contribution in [0.2, 0.25) is 0 Å². The van der Waals surface area contributed by atoms with E-state index in [1.54, 1.807) is 48.5 Å². The van der Waals surface area contributed by atoms with Gasteiger partial charge in [-0.05, 0) is 24.1 Å². The largest absolute Gasteiger partial charge is 0.468 e. The van der Waals surface area contributed by atoms with Crippen molar-refractivity contribution < 1.29 is 33.3 Å². The highest BCUT2D eigenvalue weighted by molar-refractivity contribution is 6.09. The van der Waals surface area contributed by atoms with E-state index in [1.807, 2.05) is 0 Å². The maximum absolute atomic E-state index is 13.2. The van der Waals surface area contributed by atoms with Crippen LogP contribution in [0.1, 0.15) is 38.1 Å². The third kappa shape index (κ3) is 4.70. The second kappa shape index (κ2) is 9.45. The molecular formula is C22H22O7. The van der Waals surface area contributed by atoms with Gasteiger partial charge in [-0.15, -0.1) is 0 Å². The van der Waals surface area contributed by atoms with Gasteiger partial charge < -0.3 is 18.9 Å². The number of methoxy groups -OCH3 is 2. The predicted octanol–water partition coefficient (Wildman–Crippen LogP) is 2.73. The van der Waals surface area contributed by atoms with E-state index in [4.69, 9.17) is 18.9 Å². The van der Waals surface area contributed by atoms with E-state index in [0.29, 0.717) is 35.5 Å². The van der Waals surface area contributed by atoms with Gasteiger partial charge in [0.1, 0.15) is 5.92 Å². The van der Waals surface area contributed by atoms with E-state index in [0.717, 1.165) is 0 Å². The Morgan fingerprint density at radius 2 is 1.72 bits per heavy atom. The molecule has 0 saturated carbocycles. The van der Waals surface area contributed by atoms with Gasteiger partial charge in [-0.2, -0.15) is 0 Å². The number of hydrogen-bond donors (Lipinski definition) is 0. The van der Waals surface area contributed by atoms with Gasteiger partial charge in [-0.25, -0.2) is 4.79 Å². The first-order valence-corrected chi connectivity index (χ1v) is 9.16. The van der Waals surface area contributed by atoms with E-state index < -0.39 is 29.9 Å². The zero-order valence-corrected chi connectivity index (χ0v) is 16.3. The smallest absolute Gasteiger partial charge is 0.338 e. The lowest BCUT2D eigenvalue weighted by Gasteiger charge is -2.17. The predicted molar refractivity (Wildman–Crippen MR) is 102 cm³/mol. The lowest BCUT2D eigenvalue weighted by molar-refractivity contribution is -0.143. The molecule has 1 heterocycles. The molecular weight excluding hydrogens is 376 g/mol. The Labute approximate surface area is 168 Å². The van der Waals surface area contributed by atoms with Crippen molar-refractivity contribution in [3.63, 3.8) is 0 Å². The number of ether oxygens (including phenoxy) is 4. The van der Waals surface area contributed by atoms with Crippen LogP contribution in [0.5, 0.6) is 0 Å². The number of Topliss-reactive ketones (excluding diaryl/α,β-unsaturated/α-hetero) is 1. The van der Waals surface area contributed by atoms with Crippen LogP contribution < -0.4 is 0 Å². The molecule has 1 atom stereocenters. The van der Waals surface area contributed by atoms with Gasteiger partial charge in [0.2, 0.25) is 0 Å². The quantitative estimate of drug-likeness (QED) is 0.403. The normalized spacial score (nSPS) is 15.0. The molecule has 0 radical (unpaired) electrons. The highest BCUT2D eigenvalue weighted by Crippen LogP contribution is 2.26. The standard InChI is InChI=1S/C22H22O7/c1-26-20(24)17-9-4-3-6-14(17)13-18(21(25)27-2)19(23)15-7-5-8-16(12-15)22-28-10-11-29-22/h3-9,12,18,22H,10-11,13H2,1-2H3. The van der Waals surface area contributed by atoms with E-state index in [2.05, 4.69) is 0 Å². The molecule has 152 valence electrons. The summed E-state index contributed by atoms with van der Waals surface area (Å²) in [4.78, 5) is 37.6. The molecule has 2 aromatic carbocycles. The van der Waals surface area contributed by atoms with Gasteiger partial charge >= 0.3 is 11.9 Å². The van der Waals surface area contributed by atoms with Crippen LogP contribution in [0.4, 0.5) is 0 Å². The van der Waals surface area contributed by atoms with Crippen LogP contribution in [0.3, 0.4) is 0 Å². The van der Waals surface area contributed by atoms with Crippen LogP contribution in [-0.4, -0.2) is 45.2 Å². The third-order valence-corrected chi connectivity index (χ3v) is 4.71. The average molecular weight is 398 g/mol. The van der Waals surface area contributed by atoms with Gasteiger partial charge in [0.25, 0.3) is 0 Å². The maximum Gasteiger partial charge on any atom is 0.338 e. The Hall–Kier alpha value is -3.03. The molecule has 1 aliphatic heterocycles. The molecule has 0 spiro atoms. The first kappa shape index (κ1) is 20.7. The minimum absolute atomic E-state index is 0.0113. The summed E-state index contributed by atoms with van der Waals surface area (Å²) >= 11 is 0. The number of carbonyl (C=O) groups is 3. The fourth-order valence-corrected chi connectivity index (χ4v) is 3.24. The molecule has 1 aliphatic rings. The van der Waals surface area contributed by atoms with Gasteiger partial charge in [0, 0.05) is 11.1 Å². The number of ketones is 1. The zero-order chi connectivity index (χ0) is 20.8. The van der Waals surface area contributed by atoms with Crippen molar-refractivity contribution in [1.29, 1.82) is 0 Å². The number of benzene rings is 2. The third-order valence-electron chi connectivity index (χ3n) is 4.71. The molecule has 0 bridgehead atoms. The van der Waals surface area contributed by atoms with Crippen molar-refractivity contribution in [2.24, 2.45) is 5.92 Å². The van der Waals surface area contributed by atoms with Gasteiger partial charge in [0.15, 0.2) is 12.1 Å². The monoisotopic (exact) mass is 398 g/mol. The lowest BCUT2D eigenvalue weighted by atomic mass is 9.89. The Morgan fingerprint density at radius 1 is 1.00 bits per heavy atom. The molecule has 7 nitrogen and oxygen atoms in total.